The maximum atomic E-state index is 11.2. The van der Waals surface area contributed by atoms with Gasteiger partial charge in [0.2, 0.25) is 0 Å². The van der Waals surface area contributed by atoms with Gasteiger partial charge in [0, 0.05) is 19.6 Å². The van der Waals surface area contributed by atoms with Crippen LogP contribution in [-0.2, 0) is 18.8 Å². The first kappa shape index (κ1) is 46.6. The van der Waals surface area contributed by atoms with E-state index in [9.17, 15) is 9.90 Å². The second-order valence-corrected chi connectivity index (χ2v) is 13.8. The van der Waals surface area contributed by atoms with E-state index in [0.717, 1.165) is 19.4 Å². The van der Waals surface area contributed by atoms with Crippen LogP contribution in [0.5, 0.6) is 0 Å². The Hall–Kier alpha value is -0.540. The minimum atomic E-state index is -4.64. The second kappa shape index (κ2) is 36.3. The average molecular weight is 668 g/mol. The lowest BCUT2D eigenvalue weighted by molar-refractivity contribution is -0.140. The van der Waals surface area contributed by atoms with E-state index >= 15 is 0 Å². The minimum absolute atomic E-state index is 0.231. The van der Waals surface area contributed by atoms with E-state index in [4.69, 9.17) is 34.5 Å². The van der Waals surface area contributed by atoms with Gasteiger partial charge in [-0.15, -0.1) is 0 Å². The van der Waals surface area contributed by atoms with Crippen molar-refractivity contribution in [2.75, 3.05) is 19.8 Å². The van der Waals surface area contributed by atoms with Gasteiger partial charge in [0.15, 0.2) is 0 Å². The summed E-state index contributed by atoms with van der Waals surface area (Å²) < 4.78 is 20.8. The summed E-state index contributed by atoms with van der Waals surface area (Å²) in [5, 5.41) is 9.20. The van der Waals surface area contributed by atoms with E-state index in [0.29, 0.717) is 19.6 Å². The van der Waals surface area contributed by atoms with Gasteiger partial charge in [-0.3, -0.25) is 4.79 Å². The highest BCUT2D eigenvalue weighted by molar-refractivity contribution is 7.45. The third-order valence-corrected chi connectivity index (χ3v) is 8.13. The highest BCUT2D eigenvalue weighted by Gasteiger charge is 2.19. The summed E-state index contributed by atoms with van der Waals surface area (Å²) >= 11 is 0. The van der Waals surface area contributed by atoms with Crippen molar-refractivity contribution in [3.05, 3.63) is 0 Å². The molecule has 2 unspecified atom stereocenters. The molecule has 0 aromatic heterocycles. The number of aliphatic carboxylic acids is 1. The number of nitrogens with two attached hydrogens (primary N) is 1. The van der Waals surface area contributed by atoms with Gasteiger partial charge >= 0.3 is 13.8 Å². The lowest BCUT2D eigenvalue weighted by atomic mass is 10.0. The molecule has 0 heterocycles. The van der Waals surface area contributed by atoms with Gasteiger partial charge in [0.1, 0.15) is 6.04 Å². The smallest absolute Gasteiger partial charge is 0.466 e. The SMILES string of the molecule is CCCCCCCCCCCCCCCCCCOC(COCCCCCCCCCCCC)CC(N)C(=O)O.O=P(O)(O)O. The third kappa shape index (κ3) is 45.6. The molecular weight excluding hydrogens is 593 g/mol. The first-order valence-corrected chi connectivity index (χ1v) is 20.1. The molecule has 0 spiro atoms. The van der Waals surface area contributed by atoms with Crippen molar-refractivity contribution in [1.29, 1.82) is 0 Å². The van der Waals surface area contributed by atoms with Gasteiger partial charge < -0.3 is 35.0 Å². The van der Waals surface area contributed by atoms with Crippen LogP contribution in [-0.4, -0.2) is 57.7 Å². The van der Waals surface area contributed by atoms with Crippen LogP contribution in [0.4, 0.5) is 0 Å². The van der Waals surface area contributed by atoms with E-state index in [1.807, 2.05) is 0 Å². The van der Waals surface area contributed by atoms with Crippen molar-refractivity contribution >= 4 is 13.8 Å². The summed E-state index contributed by atoms with van der Waals surface area (Å²) in [5.74, 6) is -0.967. The molecule has 0 aromatic carbocycles. The largest absolute Gasteiger partial charge is 0.480 e. The van der Waals surface area contributed by atoms with Crippen molar-refractivity contribution in [3.8, 4) is 0 Å². The molecule has 0 rings (SSSR count). The molecule has 0 aliphatic carbocycles. The zero-order chi connectivity index (χ0) is 33.9. The monoisotopic (exact) mass is 668 g/mol. The van der Waals surface area contributed by atoms with Crippen molar-refractivity contribution in [1.82, 2.24) is 0 Å². The molecule has 0 saturated heterocycles. The Morgan fingerprint density at radius 2 is 0.867 bits per heavy atom. The fourth-order valence-electron chi connectivity index (χ4n) is 5.37. The highest BCUT2D eigenvalue weighted by Crippen LogP contribution is 2.25. The number of carboxylic acid groups (broad SMARTS) is 1. The molecule has 2 atom stereocenters. The minimum Gasteiger partial charge on any atom is -0.480 e. The molecule has 0 radical (unpaired) electrons. The molecule has 0 saturated carbocycles. The van der Waals surface area contributed by atoms with Gasteiger partial charge in [-0.05, 0) is 12.8 Å². The summed E-state index contributed by atoms with van der Waals surface area (Å²) in [6.45, 7) is 6.37. The van der Waals surface area contributed by atoms with E-state index in [-0.39, 0.29) is 6.10 Å². The Bertz CT molecular complexity index is 641. The van der Waals surface area contributed by atoms with E-state index in [1.54, 1.807) is 0 Å². The lowest BCUT2D eigenvalue weighted by Gasteiger charge is -2.20. The Kier molecular flexibility index (Phi) is 37.6. The second-order valence-electron chi connectivity index (χ2n) is 12.7. The van der Waals surface area contributed by atoms with E-state index < -0.39 is 19.8 Å². The summed E-state index contributed by atoms with van der Waals surface area (Å²) in [7, 11) is -4.64. The Balaban J connectivity index is 0. The van der Waals surface area contributed by atoms with Crippen LogP contribution in [0, 0.1) is 0 Å². The summed E-state index contributed by atoms with van der Waals surface area (Å²) in [6.07, 6.45) is 34.7. The number of carboxylic acids is 1. The predicted molar refractivity (Wildman–Crippen MR) is 186 cm³/mol. The van der Waals surface area contributed by atoms with E-state index in [1.165, 1.54) is 154 Å². The van der Waals surface area contributed by atoms with Crippen LogP contribution >= 0.6 is 7.82 Å². The molecular formula is C35H74NO8P. The van der Waals surface area contributed by atoms with Gasteiger partial charge in [-0.2, -0.15) is 0 Å². The Morgan fingerprint density at radius 1 is 0.578 bits per heavy atom. The molecule has 0 aromatic rings. The fourth-order valence-corrected chi connectivity index (χ4v) is 5.37. The number of hydrogen-bond acceptors (Lipinski definition) is 5. The highest BCUT2D eigenvalue weighted by atomic mass is 31.2. The van der Waals surface area contributed by atoms with Gasteiger partial charge in [-0.1, -0.05) is 168 Å². The van der Waals surface area contributed by atoms with Gasteiger partial charge in [0.25, 0.3) is 0 Å². The number of unbranched alkanes of at least 4 members (excludes halogenated alkanes) is 24. The average Bonchev–Trinajstić information content (AvgIpc) is 2.98. The first-order valence-electron chi connectivity index (χ1n) is 18.6. The zero-order valence-corrected chi connectivity index (χ0v) is 30.2. The molecule has 45 heavy (non-hydrogen) atoms. The van der Waals surface area contributed by atoms with E-state index in [2.05, 4.69) is 13.8 Å². The van der Waals surface area contributed by atoms with Crippen LogP contribution in [0.3, 0.4) is 0 Å². The predicted octanol–water partition coefficient (Wildman–Crippen LogP) is 9.44. The fraction of sp³-hybridized carbons (Fsp3) is 0.971. The van der Waals surface area contributed by atoms with Crippen molar-refractivity contribution in [2.45, 2.75) is 199 Å². The molecule has 0 bridgehead atoms. The molecule has 10 heteroatoms. The molecule has 272 valence electrons. The summed E-state index contributed by atoms with van der Waals surface area (Å²) in [5.41, 5.74) is 5.78. The lowest BCUT2D eigenvalue weighted by Crippen LogP contribution is -2.36. The van der Waals surface area contributed by atoms with Gasteiger partial charge in [0.05, 0.1) is 12.7 Å². The van der Waals surface area contributed by atoms with Gasteiger partial charge in [-0.25, -0.2) is 4.57 Å². The van der Waals surface area contributed by atoms with Crippen LogP contribution in [0.1, 0.15) is 187 Å². The zero-order valence-electron chi connectivity index (χ0n) is 29.3. The molecule has 0 amide bonds. The topological polar surface area (TPSA) is 160 Å². The molecule has 9 nitrogen and oxygen atoms in total. The van der Waals surface area contributed by atoms with Crippen molar-refractivity contribution < 1.29 is 38.6 Å². The van der Waals surface area contributed by atoms with Crippen molar-refractivity contribution in [2.24, 2.45) is 5.73 Å². The van der Waals surface area contributed by atoms with Crippen LogP contribution in [0.15, 0.2) is 0 Å². The maximum absolute atomic E-state index is 11.2. The number of carbonyl (C=O) groups is 1. The number of ether oxygens (including phenoxy) is 2. The van der Waals surface area contributed by atoms with Crippen LogP contribution in [0.25, 0.3) is 0 Å². The van der Waals surface area contributed by atoms with Crippen LogP contribution in [0.2, 0.25) is 0 Å². The maximum Gasteiger partial charge on any atom is 0.466 e. The standard InChI is InChI=1S/C35H71NO4.H3O4P/c1-3-5-7-9-11-13-15-16-17-18-19-20-22-24-26-28-30-40-33(31-34(36)35(37)38)32-39-29-27-25-23-21-14-12-10-8-6-4-2;1-5(2,3)4/h33-34H,3-32,36H2,1-2H3,(H,37,38);(H3,1,2,3,4). The Labute approximate surface area is 277 Å². The number of phosphoric acid groups is 1. The Morgan fingerprint density at radius 3 is 1.18 bits per heavy atom. The molecule has 0 aliphatic rings. The summed E-state index contributed by atoms with van der Waals surface area (Å²) in [6, 6.07) is -0.892. The first-order chi connectivity index (χ1) is 21.6. The number of hydrogen-bond donors (Lipinski definition) is 5. The third-order valence-electron chi connectivity index (χ3n) is 8.13. The molecule has 6 N–H and O–H groups in total. The molecule has 0 fully saturated rings. The van der Waals surface area contributed by atoms with Crippen LogP contribution < -0.4 is 5.73 Å². The van der Waals surface area contributed by atoms with Crippen molar-refractivity contribution in [3.63, 3.8) is 0 Å². The summed E-state index contributed by atoms with van der Waals surface area (Å²) in [4.78, 5) is 32.8. The molecule has 0 aliphatic heterocycles. The normalized spacial score (nSPS) is 12.9. The number of rotatable bonds is 34. The quantitative estimate of drug-likeness (QED) is 0.0333.